The first kappa shape index (κ1) is 16.1. The van der Waals surface area contributed by atoms with Gasteiger partial charge in [0.2, 0.25) is 10.5 Å². The largest absolute Gasteiger partial charge is 0.528 e. The fourth-order valence-electron chi connectivity index (χ4n) is 4.77. The van der Waals surface area contributed by atoms with Crippen LogP contribution in [0.2, 0.25) is 0 Å². The van der Waals surface area contributed by atoms with Gasteiger partial charge in [0.25, 0.3) is 5.97 Å². The average molecular weight is 297 g/mol. The van der Waals surface area contributed by atoms with Crippen molar-refractivity contribution in [2.45, 2.75) is 78.1 Å². The van der Waals surface area contributed by atoms with E-state index in [4.69, 9.17) is 4.43 Å². The smallest absolute Gasteiger partial charge is 0.298 e. The maximum atomic E-state index is 12.6. The standard InChI is InChI=1S/C17H32O2Si/c1-13(14-9-5-3-6-10-14)17(2,16(18)19-20)15-11-7-4-8-12-15/h13-15H,3-12H2,1-2,20H3. The molecule has 0 aromatic rings. The molecule has 2 aliphatic rings. The monoisotopic (exact) mass is 296 g/mol. The van der Waals surface area contributed by atoms with Crippen LogP contribution in [0.5, 0.6) is 0 Å². The Bertz CT molecular complexity index is 319. The normalized spacial score (nSPS) is 26.9. The second-order valence-electron chi connectivity index (χ2n) is 7.30. The fourth-order valence-corrected chi connectivity index (χ4v) is 5.21. The van der Waals surface area contributed by atoms with Crippen LogP contribution in [0.1, 0.15) is 78.1 Å². The zero-order valence-electron chi connectivity index (χ0n) is 13.6. The van der Waals surface area contributed by atoms with Crippen molar-refractivity contribution in [3.05, 3.63) is 0 Å². The van der Waals surface area contributed by atoms with Gasteiger partial charge in [0, 0.05) is 0 Å². The summed E-state index contributed by atoms with van der Waals surface area (Å²) in [7, 11) is 0.534. The molecule has 0 aromatic heterocycles. The van der Waals surface area contributed by atoms with E-state index in [-0.39, 0.29) is 11.4 Å². The first-order valence-corrected chi connectivity index (χ1v) is 9.50. The second kappa shape index (κ2) is 7.10. The summed E-state index contributed by atoms with van der Waals surface area (Å²) in [5.41, 5.74) is -0.232. The van der Waals surface area contributed by atoms with Gasteiger partial charge in [0.05, 0.1) is 5.41 Å². The van der Waals surface area contributed by atoms with Gasteiger partial charge in [-0.1, -0.05) is 58.3 Å². The third-order valence-corrected chi connectivity index (χ3v) is 6.75. The number of hydrogen-bond donors (Lipinski definition) is 0. The summed E-state index contributed by atoms with van der Waals surface area (Å²) in [6.07, 6.45) is 13.1. The van der Waals surface area contributed by atoms with Gasteiger partial charge in [-0.05, 0) is 37.5 Å². The van der Waals surface area contributed by atoms with E-state index in [9.17, 15) is 4.79 Å². The van der Waals surface area contributed by atoms with Crippen LogP contribution in [0.3, 0.4) is 0 Å². The molecule has 2 saturated carbocycles. The van der Waals surface area contributed by atoms with Gasteiger partial charge in [-0.25, -0.2) is 0 Å². The molecule has 0 bridgehead atoms. The second-order valence-corrected chi connectivity index (χ2v) is 7.70. The predicted molar refractivity (Wildman–Crippen MR) is 86.5 cm³/mol. The highest BCUT2D eigenvalue weighted by Crippen LogP contribution is 2.49. The third-order valence-electron chi connectivity index (χ3n) is 6.38. The Morgan fingerprint density at radius 2 is 1.55 bits per heavy atom. The van der Waals surface area contributed by atoms with E-state index in [1.165, 1.54) is 64.2 Å². The lowest BCUT2D eigenvalue weighted by Gasteiger charge is -2.45. The minimum Gasteiger partial charge on any atom is -0.528 e. The number of carbonyl (C=O) groups excluding carboxylic acids is 1. The van der Waals surface area contributed by atoms with Crippen molar-refractivity contribution in [3.8, 4) is 0 Å². The highest BCUT2D eigenvalue weighted by Gasteiger charge is 2.48. The van der Waals surface area contributed by atoms with Crippen molar-refractivity contribution in [2.24, 2.45) is 23.2 Å². The molecule has 0 heterocycles. The fraction of sp³-hybridized carbons (Fsp3) is 0.941. The number of carbonyl (C=O) groups is 1. The number of rotatable bonds is 4. The highest BCUT2D eigenvalue weighted by atomic mass is 28.2. The summed E-state index contributed by atoms with van der Waals surface area (Å²) in [6, 6.07) is 0. The Morgan fingerprint density at radius 3 is 2.05 bits per heavy atom. The van der Waals surface area contributed by atoms with Gasteiger partial charge < -0.3 is 4.43 Å². The lowest BCUT2D eigenvalue weighted by Crippen LogP contribution is -2.46. The lowest BCUT2D eigenvalue weighted by molar-refractivity contribution is -0.155. The molecule has 2 unspecified atom stereocenters. The molecule has 0 radical (unpaired) electrons. The molecular weight excluding hydrogens is 264 g/mol. The van der Waals surface area contributed by atoms with E-state index >= 15 is 0 Å². The van der Waals surface area contributed by atoms with E-state index in [1.54, 1.807) is 0 Å². The molecule has 2 rings (SSSR count). The minimum atomic E-state index is -0.232. The van der Waals surface area contributed by atoms with Crippen LogP contribution in [0, 0.1) is 23.2 Å². The van der Waals surface area contributed by atoms with Crippen molar-refractivity contribution < 1.29 is 9.22 Å². The molecular formula is C17H32O2Si. The summed E-state index contributed by atoms with van der Waals surface area (Å²) in [6.45, 7) is 4.56. The summed E-state index contributed by atoms with van der Waals surface area (Å²) in [5.74, 6) is 1.87. The lowest BCUT2D eigenvalue weighted by atomic mass is 9.59. The zero-order chi connectivity index (χ0) is 14.6. The molecule has 0 spiro atoms. The molecule has 3 heteroatoms. The van der Waals surface area contributed by atoms with Crippen LogP contribution in [-0.2, 0) is 9.22 Å². The Morgan fingerprint density at radius 1 is 1.05 bits per heavy atom. The predicted octanol–water partition coefficient (Wildman–Crippen LogP) is 3.61. The first-order chi connectivity index (χ1) is 9.60. The Hall–Kier alpha value is -0.313. The maximum absolute atomic E-state index is 12.6. The molecule has 116 valence electrons. The number of hydrogen-bond acceptors (Lipinski definition) is 2. The molecule has 0 N–H and O–H groups in total. The van der Waals surface area contributed by atoms with Gasteiger partial charge in [-0.3, -0.25) is 4.79 Å². The molecule has 0 aromatic carbocycles. The van der Waals surface area contributed by atoms with Gasteiger partial charge in [0.1, 0.15) is 0 Å². The van der Waals surface area contributed by atoms with E-state index in [0.717, 1.165) is 5.92 Å². The van der Waals surface area contributed by atoms with E-state index in [0.29, 0.717) is 22.3 Å². The molecule has 2 aliphatic carbocycles. The first-order valence-electron chi connectivity index (χ1n) is 8.69. The van der Waals surface area contributed by atoms with E-state index < -0.39 is 0 Å². The summed E-state index contributed by atoms with van der Waals surface area (Å²) in [5, 5.41) is 0. The van der Waals surface area contributed by atoms with Crippen LogP contribution >= 0.6 is 0 Å². The van der Waals surface area contributed by atoms with E-state index in [1.807, 2.05) is 0 Å². The van der Waals surface area contributed by atoms with Gasteiger partial charge in [0.15, 0.2) is 0 Å². The summed E-state index contributed by atoms with van der Waals surface area (Å²) in [4.78, 5) is 12.6. The van der Waals surface area contributed by atoms with Gasteiger partial charge in [-0.15, -0.1) is 0 Å². The van der Waals surface area contributed by atoms with Crippen molar-refractivity contribution in [3.63, 3.8) is 0 Å². The van der Waals surface area contributed by atoms with Crippen molar-refractivity contribution >= 4 is 16.5 Å². The van der Waals surface area contributed by atoms with Crippen LogP contribution in [0.25, 0.3) is 0 Å². The molecule has 2 atom stereocenters. The molecule has 0 amide bonds. The van der Waals surface area contributed by atoms with Crippen molar-refractivity contribution in [1.29, 1.82) is 0 Å². The van der Waals surface area contributed by atoms with Gasteiger partial charge >= 0.3 is 0 Å². The van der Waals surface area contributed by atoms with Crippen LogP contribution in [0.15, 0.2) is 0 Å². The van der Waals surface area contributed by atoms with Crippen molar-refractivity contribution in [1.82, 2.24) is 0 Å². The van der Waals surface area contributed by atoms with Crippen LogP contribution in [-0.4, -0.2) is 16.5 Å². The zero-order valence-corrected chi connectivity index (χ0v) is 15.6. The highest BCUT2D eigenvalue weighted by molar-refractivity contribution is 6.06. The summed E-state index contributed by atoms with van der Waals surface area (Å²) >= 11 is 0. The molecule has 0 saturated heterocycles. The Balaban J connectivity index is 2.18. The average Bonchev–Trinajstić information content (AvgIpc) is 2.54. The maximum Gasteiger partial charge on any atom is 0.298 e. The van der Waals surface area contributed by atoms with Crippen LogP contribution < -0.4 is 0 Å². The topological polar surface area (TPSA) is 26.3 Å². The summed E-state index contributed by atoms with van der Waals surface area (Å²) < 4.78 is 5.38. The molecule has 2 fully saturated rings. The molecule has 20 heavy (non-hydrogen) atoms. The van der Waals surface area contributed by atoms with Gasteiger partial charge in [-0.2, -0.15) is 0 Å². The van der Waals surface area contributed by atoms with Crippen molar-refractivity contribution in [2.75, 3.05) is 0 Å². The van der Waals surface area contributed by atoms with Crippen LogP contribution in [0.4, 0.5) is 0 Å². The Kier molecular flexibility index (Phi) is 5.71. The molecule has 0 aliphatic heterocycles. The quantitative estimate of drug-likeness (QED) is 0.741. The Labute approximate surface area is 127 Å². The van der Waals surface area contributed by atoms with E-state index in [2.05, 4.69) is 13.8 Å². The third kappa shape index (κ3) is 3.13. The molecule has 2 nitrogen and oxygen atoms in total. The minimum absolute atomic E-state index is 0.106. The SMILES string of the molecule is CC(C1CCCCC1)C(C)(C(=O)O[SiH3])C1CCCCC1.